The van der Waals surface area contributed by atoms with Crippen LogP contribution in [0.3, 0.4) is 0 Å². The van der Waals surface area contributed by atoms with Crippen LogP contribution < -0.4 is 10.1 Å². The van der Waals surface area contributed by atoms with Crippen LogP contribution >= 0.6 is 11.3 Å². The summed E-state index contributed by atoms with van der Waals surface area (Å²) in [5.41, 5.74) is 1.19. The van der Waals surface area contributed by atoms with Crippen LogP contribution in [0.5, 0.6) is 5.88 Å². The second-order valence-electron chi connectivity index (χ2n) is 7.70. The summed E-state index contributed by atoms with van der Waals surface area (Å²) in [5.74, 6) is 0.674. The van der Waals surface area contributed by atoms with E-state index in [1.807, 2.05) is 23.1 Å². The highest BCUT2D eigenvalue weighted by Crippen LogP contribution is 2.38. The van der Waals surface area contributed by atoms with Crippen molar-refractivity contribution in [1.29, 1.82) is 0 Å². The van der Waals surface area contributed by atoms with E-state index >= 15 is 0 Å². The maximum atomic E-state index is 12.9. The third-order valence-electron chi connectivity index (χ3n) is 5.91. The van der Waals surface area contributed by atoms with E-state index in [0.717, 1.165) is 43.7 Å². The van der Waals surface area contributed by atoms with Crippen LogP contribution in [-0.4, -0.2) is 39.1 Å². The molecule has 0 saturated carbocycles. The summed E-state index contributed by atoms with van der Waals surface area (Å²) < 4.78 is 6.06. The number of rotatable bonds is 3. The first-order valence-electron chi connectivity index (χ1n) is 9.92. The Morgan fingerprint density at radius 3 is 2.74 bits per heavy atom. The number of ether oxygens (including phenoxy) is 1. The van der Waals surface area contributed by atoms with Crippen LogP contribution in [0.1, 0.15) is 49.1 Å². The maximum absolute atomic E-state index is 12.9. The number of amides is 2. The molecule has 2 aliphatic heterocycles. The third-order valence-corrected chi connectivity index (χ3v) is 6.98. The zero-order valence-corrected chi connectivity index (χ0v) is 16.1. The van der Waals surface area contributed by atoms with Crippen LogP contribution in [0, 0.1) is 0 Å². The van der Waals surface area contributed by atoms with E-state index in [-0.39, 0.29) is 24.2 Å². The van der Waals surface area contributed by atoms with Crippen molar-refractivity contribution < 1.29 is 9.53 Å². The Kier molecular flexibility index (Phi) is 4.47. The SMILES string of the molecule is O=C(Nc1nc2c(s1)CCCC2)N1[C@H]2CC[C@H]1CC(Oc1ccccn1)C2. The van der Waals surface area contributed by atoms with Crippen LogP contribution in [0.25, 0.3) is 0 Å². The summed E-state index contributed by atoms with van der Waals surface area (Å²) in [6.45, 7) is 0. The highest BCUT2D eigenvalue weighted by molar-refractivity contribution is 7.15. The summed E-state index contributed by atoms with van der Waals surface area (Å²) in [7, 11) is 0. The zero-order valence-electron chi connectivity index (χ0n) is 15.3. The first-order chi connectivity index (χ1) is 13.3. The van der Waals surface area contributed by atoms with Crippen molar-refractivity contribution in [1.82, 2.24) is 14.9 Å². The molecule has 3 aliphatic rings. The van der Waals surface area contributed by atoms with E-state index < -0.39 is 0 Å². The van der Waals surface area contributed by atoms with E-state index in [4.69, 9.17) is 4.74 Å². The summed E-state index contributed by atoms with van der Waals surface area (Å²) in [5, 5.41) is 3.84. The number of piperidine rings is 1. The standard InChI is InChI=1S/C20H24N4O2S/c25-20(23-19-22-16-5-1-2-6-17(16)27-19)24-13-8-9-14(24)12-15(11-13)26-18-7-3-4-10-21-18/h3-4,7,10,13-15H,1-2,5-6,8-9,11-12H2,(H,22,23,25)/t13-,14-/m0/s1. The molecule has 5 rings (SSSR count). The lowest BCUT2D eigenvalue weighted by molar-refractivity contribution is 0.0704. The molecule has 4 heterocycles. The Hall–Kier alpha value is -2.15. The Bertz CT molecular complexity index is 787. The lowest BCUT2D eigenvalue weighted by Gasteiger charge is -2.38. The topological polar surface area (TPSA) is 67.4 Å². The van der Waals surface area contributed by atoms with Crippen molar-refractivity contribution in [3.05, 3.63) is 35.0 Å². The van der Waals surface area contributed by atoms with Gasteiger partial charge in [0.1, 0.15) is 6.10 Å². The molecular weight excluding hydrogens is 360 g/mol. The van der Waals surface area contributed by atoms with Gasteiger partial charge in [0, 0.05) is 42.1 Å². The molecule has 2 atom stereocenters. The lowest BCUT2D eigenvalue weighted by atomic mass is 10.00. The fourth-order valence-corrected chi connectivity index (χ4v) is 5.74. The number of carbonyl (C=O) groups is 1. The number of hydrogen-bond acceptors (Lipinski definition) is 5. The number of aromatic nitrogens is 2. The number of hydrogen-bond donors (Lipinski definition) is 1. The molecule has 2 saturated heterocycles. The van der Waals surface area contributed by atoms with E-state index in [0.29, 0.717) is 5.88 Å². The summed E-state index contributed by atoms with van der Waals surface area (Å²) in [6.07, 6.45) is 10.3. The van der Waals surface area contributed by atoms with Crippen LogP contribution in [0.2, 0.25) is 0 Å². The van der Waals surface area contributed by atoms with Gasteiger partial charge in [-0.2, -0.15) is 0 Å². The van der Waals surface area contributed by atoms with Gasteiger partial charge in [-0.3, -0.25) is 5.32 Å². The molecule has 142 valence electrons. The van der Waals surface area contributed by atoms with E-state index in [9.17, 15) is 4.79 Å². The second kappa shape index (κ2) is 7.11. The molecule has 7 heteroatoms. The van der Waals surface area contributed by atoms with E-state index in [1.54, 1.807) is 17.5 Å². The number of thiazole rings is 1. The molecule has 2 bridgehead atoms. The molecule has 6 nitrogen and oxygen atoms in total. The van der Waals surface area contributed by atoms with Gasteiger partial charge in [0.2, 0.25) is 5.88 Å². The second-order valence-corrected chi connectivity index (χ2v) is 8.78. The highest BCUT2D eigenvalue weighted by Gasteiger charge is 2.44. The van der Waals surface area contributed by atoms with Crippen LogP contribution in [0.4, 0.5) is 9.93 Å². The average Bonchev–Trinajstić information content (AvgIpc) is 3.20. The first kappa shape index (κ1) is 17.0. The number of nitrogens with zero attached hydrogens (tertiary/aromatic N) is 3. The molecule has 0 spiro atoms. The molecule has 2 aromatic heterocycles. The maximum Gasteiger partial charge on any atom is 0.324 e. The van der Waals surface area contributed by atoms with Gasteiger partial charge in [-0.1, -0.05) is 6.07 Å². The van der Waals surface area contributed by atoms with Gasteiger partial charge in [0.25, 0.3) is 0 Å². The van der Waals surface area contributed by atoms with Gasteiger partial charge in [0.05, 0.1) is 5.69 Å². The van der Waals surface area contributed by atoms with Crippen molar-refractivity contribution in [2.45, 2.75) is 69.6 Å². The summed E-state index contributed by atoms with van der Waals surface area (Å²) in [4.78, 5) is 25.2. The number of fused-ring (bicyclic) bond motifs is 3. The molecule has 1 aliphatic carbocycles. The van der Waals surface area contributed by atoms with Crippen molar-refractivity contribution in [3.63, 3.8) is 0 Å². The highest BCUT2D eigenvalue weighted by atomic mass is 32.1. The zero-order chi connectivity index (χ0) is 18.2. The van der Waals surface area contributed by atoms with Crippen molar-refractivity contribution in [3.8, 4) is 5.88 Å². The molecule has 2 aromatic rings. The van der Waals surface area contributed by atoms with Gasteiger partial charge in [-0.05, 0) is 44.6 Å². The Balaban J connectivity index is 1.24. The summed E-state index contributed by atoms with van der Waals surface area (Å²) >= 11 is 1.65. The molecule has 2 fully saturated rings. The predicted molar refractivity (Wildman–Crippen MR) is 104 cm³/mol. The smallest absolute Gasteiger partial charge is 0.324 e. The largest absolute Gasteiger partial charge is 0.474 e. The first-order valence-corrected chi connectivity index (χ1v) is 10.7. The van der Waals surface area contributed by atoms with Crippen molar-refractivity contribution in [2.24, 2.45) is 0 Å². The van der Waals surface area contributed by atoms with Crippen molar-refractivity contribution >= 4 is 22.5 Å². The number of aryl methyl sites for hydroxylation is 2. The Morgan fingerprint density at radius 1 is 1.19 bits per heavy atom. The molecule has 2 amide bonds. The normalized spacial score (nSPS) is 26.5. The molecular formula is C20H24N4O2S. The van der Waals surface area contributed by atoms with Gasteiger partial charge < -0.3 is 9.64 Å². The van der Waals surface area contributed by atoms with E-state index in [1.165, 1.54) is 23.4 Å². The van der Waals surface area contributed by atoms with Crippen molar-refractivity contribution in [2.75, 3.05) is 5.32 Å². The fraction of sp³-hybridized carbons (Fsp3) is 0.550. The number of urea groups is 1. The molecule has 0 unspecified atom stereocenters. The van der Waals surface area contributed by atoms with Gasteiger partial charge in [-0.25, -0.2) is 14.8 Å². The summed E-state index contributed by atoms with van der Waals surface area (Å²) in [6, 6.07) is 6.21. The minimum Gasteiger partial charge on any atom is -0.474 e. The Labute approximate surface area is 163 Å². The predicted octanol–water partition coefficient (Wildman–Crippen LogP) is 4.02. The average molecular weight is 385 g/mol. The minimum atomic E-state index is 0.00452. The van der Waals surface area contributed by atoms with Gasteiger partial charge >= 0.3 is 6.03 Å². The van der Waals surface area contributed by atoms with E-state index in [2.05, 4.69) is 15.3 Å². The lowest BCUT2D eigenvalue weighted by Crippen LogP contribution is -2.50. The quantitative estimate of drug-likeness (QED) is 0.868. The van der Waals surface area contributed by atoms with Gasteiger partial charge in [-0.15, -0.1) is 11.3 Å². The molecule has 27 heavy (non-hydrogen) atoms. The number of anilines is 1. The fourth-order valence-electron chi connectivity index (χ4n) is 4.70. The number of pyridine rings is 1. The Morgan fingerprint density at radius 2 is 2.00 bits per heavy atom. The molecule has 0 radical (unpaired) electrons. The van der Waals surface area contributed by atoms with Gasteiger partial charge in [0.15, 0.2) is 5.13 Å². The molecule has 1 N–H and O–H groups in total. The van der Waals surface area contributed by atoms with Crippen LogP contribution in [0.15, 0.2) is 24.4 Å². The molecule has 0 aromatic carbocycles. The third kappa shape index (κ3) is 3.40. The van der Waals surface area contributed by atoms with Crippen LogP contribution in [-0.2, 0) is 12.8 Å². The number of nitrogens with one attached hydrogen (secondary N) is 1. The monoisotopic (exact) mass is 384 g/mol. The minimum absolute atomic E-state index is 0.00452. The number of carbonyl (C=O) groups excluding carboxylic acids is 1.